The van der Waals surface area contributed by atoms with Crippen molar-refractivity contribution in [3.05, 3.63) is 0 Å². The Balaban J connectivity index is 3.19. The summed E-state index contributed by atoms with van der Waals surface area (Å²) in [5, 5.41) is 9.18. The van der Waals surface area contributed by atoms with E-state index in [0.717, 1.165) is 12.8 Å². The molecular weight excluding hydrogens is 175 g/mol. The lowest BCUT2D eigenvalue weighted by atomic mass is 10.1. The zero-order chi connectivity index (χ0) is 9.40. The van der Waals surface area contributed by atoms with Crippen LogP contribution in [0.1, 0.15) is 39.0 Å². The standard InChI is InChI=1S/C8H17O3P/c1-2-3-4-5-6-8(9)7-12(10)11/h8-9H,2-7H2,1H3/p+1. The van der Waals surface area contributed by atoms with Gasteiger partial charge < -0.3 is 5.11 Å². The summed E-state index contributed by atoms with van der Waals surface area (Å²) < 4.78 is 10.3. The molecule has 0 aliphatic heterocycles. The van der Waals surface area contributed by atoms with Crippen molar-refractivity contribution >= 4 is 8.03 Å². The van der Waals surface area contributed by atoms with Crippen molar-refractivity contribution in [2.45, 2.75) is 45.1 Å². The summed E-state index contributed by atoms with van der Waals surface area (Å²) >= 11 is 0. The Kier molecular flexibility index (Phi) is 7.67. The van der Waals surface area contributed by atoms with Crippen LogP contribution in [0.15, 0.2) is 0 Å². The van der Waals surface area contributed by atoms with Gasteiger partial charge in [0.1, 0.15) is 6.10 Å². The molecule has 0 aromatic heterocycles. The minimum Gasteiger partial charge on any atom is -0.389 e. The van der Waals surface area contributed by atoms with Crippen LogP contribution in [-0.2, 0) is 4.57 Å². The number of unbranched alkanes of at least 4 members (excludes halogenated alkanes) is 3. The number of hydrogen-bond donors (Lipinski definition) is 2. The summed E-state index contributed by atoms with van der Waals surface area (Å²) in [6, 6.07) is 0. The highest BCUT2D eigenvalue weighted by Gasteiger charge is 2.17. The molecule has 0 bridgehead atoms. The van der Waals surface area contributed by atoms with Crippen molar-refractivity contribution in [1.29, 1.82) is 0 Å². The van der Waals surface area contributed by atoms with Crippen molar-refractivity contribution in [1.82, 2.24) is 0 Å². The second kappa shape index (κ2) is 7.66. The second-order valence-electron chi connectivity index (χ2n) is 3.04. The first-order valence-electron chi connectivity index (χ1n) is 4.48. The number of aliphatic hydroxyl groups excluding tert-OH is 1. The lowest BCUT2D eigenvalue weighted by molar-refractivity contribution is 0.181. The molecular formula is C8H18O3P+. The van der Waals surface area contributed by atoms with Gasteiger partial charge in [-0.3, -0.25) is 0 Å². The van der Waals surface area contributed by atoms with E-state index in [1.165, 1.54) is 12.8 Å². The topological polar surface area (TPSA) is 57.5 Å². The first kappa shape index (κ1) is 12.0. The van der Waals surface area contributed by atoms with Crippen LogP contribution in [0.5, 0.6) is 0 Å². The summed E-state index contributed by atoms with van der Waals surface area (Å²) in [5.41, 5.74) is 0. The van der Waals surface area contributed by atoms with Crippen LogP contribution in [-0.4, -0.2) is 22.3 Å². The van der Waals surface area contributed by atoms with Crippen LogP contribution in [0, 0.1) is 0 Å². The van der Waals surface area contributed by atoms with Crippen molar-refractivity contribution in [2.24, 2.45) is 0 Å². The van der Waals surface area contributed by atoms with Crippen molar-refractivity contribution in [3.8, 4) is 0 Å². The van der Waals surface area contributed by atoms with Crippen molar-refractivity contribution in [2.75, 3.05) is 6.16 Å². The lowest BCUT2D eigenvalue weighted by Gasteiger charge is -2.02. The van der Waals surface area contributed by atoms with E-state index in [1.807, 2.05) is 0 Å². The summed E-state index contributed by atoms with van der Waals surface area (Å²) in [7, 11) is -2.16. The minimum absolute atomic E-state index is 0.0292. The van der Waals surface area contributed by atoms with E-state index in [2.05, 4.69) is 6.92 Å². The van der Waals surface area contributed by atoms with E-state index >= 15 is 0 Å². The van der Waals surface area contributed by atoms with Gasteiger partial charge in [0.2, 0.25) is 6.16 Å². The molecule has 0 amide bonds. The van der Waals surface area contributed by atoms with E-state index in [0.29, 0.717) is 6.42 Å². The Labute approximate surface area is 74.7 Å². The smallest absolute Gasteiger partial charge is 0.389 e. The largest absolute Gasteiger partial charge is 0.508 e. The number of aliphatic hydroxyl groups is 1. The Bertz CT molecular complexity index is 127. The maximum atomic E-state index is 10.3. The zero-order valence-electron chi connectivity index (χ0n) is 7.57. The quantitative estimate of drug-likeness (QED) is 0.480. The van der Waals surface area contributed by atoms with Crippen LogP contribution in [0.2, 0.25) is 0 Å². The van der Waals surface area contributed by atoms with Gasteiger partial charge in [-0.25, -0.2) is 0 Å². The first-order chi connectivity index (χ1) is 5.66. The molecule has 0 aliphatic rings. The molecule has 0 spiro atoms. The van der Waals surface area contributed by atoms with Crippen LogP contribution in [0.3, 0.4) is 0 Å². The van der Waals surface area contributed by atoms with Gasteiger partial charge in [-0.05, 0) is 11.0 Å². The Morgan fingerprint density at radius 3 is 2.50 bits per heavy atom. The number of rotatable bonds is 7. The Morgan fingerprint density at radius 1 is 1.33 bits per heavy atom. The first-order valence-corrected chi connectivity index (χ1v) is 5.88. The molecule has 0 saturated heterocycles. The highest BCUT2D eigenvalue weighted by atomic mass is 31.1. The van der Waals surface area contributed by atoms with Crippen LogP contribution >= 0.6 is 8.03 Å². The van der Waals surface area contributed by atoms with Gasteiger partial charge >= 0.3 is 8.03 Å². The fraction of sp³-hybridized carbons (Fsp3) is 1.00. The van der Waals surface area contributed by atoms with Gasteiger partial charge in [-0.1, -0.05) is 32.6 Å². The molecule has 2 N–H and O–H groups in total. The summed E-state index contributed by atoms with van der Waals surface area (Å²) in [6.07, 6.45) is 4.51. The average molecular weight is 193 g/mol. The minimum atomic E-state index is -2.16. The predicted molar refractivity (Wildman–Crippen MR) is 49.5 cm³/mol. The van der Waals surface area contributed by atoms with Gasteiger partial charge in [0, 0.05) is 0 Å². The molecule has 0 saturated carbocycles. The van der Waals surface area contributed by atoms with Crippen LogP contribution in [0.4, 0.5) is 0 Å². The maximum Gasteiger partial charge on any atom is 0.508 e. The van der Waals surface area contributed by atoms with E-state index in [4.69, 9.17) is 4.89 Å². The number of hydrogen-bond acceptors (Lipinski definition) is 2. The SMILES string of the molecule is CCCCCCC(O)C[P+](=O)O. The lowest BCUT2D eigenvalue weighted by Crippen LogP contribution is -2.09. The molecule has 12 heavy (non-hydrogen) atoms. The fourth-order valence-electron chi connectivity index (χ4n) is 1.08. The van der Waals surface area contributed by atoms with Gasteiger partial charge in [0.15, 0.2) is 0 Å². The highest BCUT2D eigenvalue weighted by molar-refractivity contribution is 7.38. The van der Waals surface area contributed by atoms with Gasteiger partial charge in [0.25, 0.3) is 0 Å². The molecule has 0 rings (SSSR count). The Morgan fingerprint density at radius 2 is 2.00 bits per heavy atom. The predicted octanol–water partition coefficient (Wildman–Crippen LogP) is 2.05. The second-order valence-corrected chi connectivity index (χ2v) is 4.11. The highest BCUT2D eigenvalue weighted by Crippen LogP contribution is 2.17. The third-order valence-corrected chi connectivity index (χ3v) is 2.49. The molecule has 2 unspecified atom stereocenters. The molecule has 0 aromatic carbocycles. The average Bonchev–Trinajstić information content (AvgIpc) is 1.97. The fourth-order valence-corrected chi connectivity index (χ4v) is 1.62. The van der Waals surface area contributed by atoms with Gasteiger partial charge in [0.05, 0.1) is 0 Å². The summed E-state index contributed by atoms with van der Waals surface area (Å²) in [5.74, 6) is 0. The Hall–Kier alpha value is 0.0200. The van der Waals surface area contributed by atoms with E-state index in [1.54, 1.807) is 0 Å². The molecule has 0 fully saturated rings. The zero-order valence-corrected chi connectivity index (χ0v) is 8.46. The van der Waals surface area contributed by atoms with Gasteiger partial charge in [-0.2, -0.15) is 4.89 Å². The van der Waals surface area contributed by atoms with Crippen molar-refractivity contribution in [3.63, 3.8) is 0 Å². The molecule has 3 nitrogen and oxygen atoms in total. The molecule has 0 aliphatic carbocycles. The maximum absolute atomic E-state index is 10.3. The molecule has 72 valence electrons. The molecule has 2 atom stereocenters. The molecule has 0 heterocycles. The third-order valence-electron chi connectivity index (χ3n) is 1.76. The monoisotopic (exact) mass is 193 g/mol. The van der Waals surface area contributed by atoms with Gasteiger partial charge in [-0.15, -0.1) is 0 Å². The van der Waals surface area contributed by atoms with E-state index in [9.17, 15) is 9.67 Å². The van der Waals surface area contributed by atoms with Crippen LogP contribution in [0.25, 0.3) is 0 Å². The molecule has 0 aromatic rings. The van der Waals surface area contributed by atoms with Crippen LogP contribution < -0.4 is 0 Å². The normalized spacial score (nSPS) is 14.4. The summed E-state index contributed by atoms with van der Waals surface area (Å²) in [6.45, 7) is 2.13. The molecule has 0 radical (unpaired) electrons. The third kappa shape index (κ3) is 8.12. The molecule has 4 heteroatoms. The van der Waals surface area contributed by atoms with Crippen molar-refractivity contribution < 1.29 is 14.6 Å². The summed E-state index contributed by atoms with van der Waals surface area (Å²) in [4.78, 5) is 8.47. The van der Waals surface area contributed by atoms with E-state index in [-0.39, 0.29) is 6.16 Å². The van der Waals surface area contributed by atoms with E-state index < -0.39 is 14.1 Å².